The van der Waals surface area contributed by atoms with Crippen molar-refractivity contribution in [3.8, 4) is 0 Å². The summed E-state index contributed by atoms with van der Waals surface area (Å²) in [5.74, 6) is -2.48. The van der Waals surface area contributed by atoms with Gasteiger partial charge < -0.3 is 92.5 Å². The van der Waals surface area contributed by atoms with Crippen LogP contribution in [0.2, 0.25) is 0 Å². The predicted octanol–water partition coefficient (Wildman–Crippen LogP) is 20.4. The highest BCUT2D eigenvalue weighted by Crippen LogP contribution is 2.37. The number of aliphatic hydroxyl groups excluding tert-OH is 1. The topological polar surface area (TPSA) is 294 Å². The van der Waals surface area contributed by atoms with Crippen molar-refractivity contribution in [3.63, 3.8) is 0 Å². The molecule has 5 heterocycles. The fraction of sp³-hybridized carbons (Fsp3) is 0.863. The summed E-state index contributed by atoms with van der Waals surface area (Å²) in [5, 5.41) is 16.1. The minimum absolute atomic E-state index is 0.0363. The molecule has 0 aromatic carbocycles. The van der Waals surface area contributed by atoms with Gasteiger partial charge in [0.25, 0.3) is 0 Å². The lowest BCUT2D eigenvalue weighted by atomic mass is 9.94. The summed E-state index contributed by atoms with van der Waals surface area (Å²) in [6.45, 7) is 29.5. The van der Waals surface area contributed by atoms with Gasteiger partial charge in [-0.2, -0.15) is 0 Å². The molecule has 24 nitrogen and oxygen atoms in total. The monoisotopic (exact) mass is 1690 g/mol. The average Bonchev–Trinajstić information content (AvgIpc) is 0.779. The van der Waals surface area contributed by atoms with E-state index in [4.69, 9.17) is 76.8 Å². The van der Waals surface area contributed by atoms with Crippen molar-refractivity contribution in [3.05, 3.63) is 49.7 Å². The predicted molar refractivity (Wildman–Crippen MR) is 469 cm³/mol. The summed E-state index contributed by atoms with van der Waals surface area (Å²) >= 11 is 0. The third-order valence-electron chi connectivity index (χ3n) is 22.2. The van der Waals surface area contributed by atoms with Crippen LogP contribution in [0.25, 0.3) is 0 Å². The van der Waals surface area contributed by atoms with Gasteiger partial charge in [-0.3, -0.25) is 19.2 Å². The van der Waals surface area contributed by atoms with E-state index in [0.717, 1.165) is 83.5 Å². The number of ketones is 2. The first-order valence-electron chi connectivity index (χ1n) is 47.4. The molecular weight excluding hydrogens is 1520 g/mol. The quantitative estimate of drug-likeness (QED) is 0.0145. The molecule has 5 aliphatic heterocycles. The third kappa shape index (κ3) is 48.5. The van der Waals surface area contributed by atoms with Crippen molar-refractivity contribution in [2.75, 3.05) is 46.2 Å². The van der Waals surface area contributed by atoms with Gasteiger partial charge in [-0.05, 0) is 80.6 Å². The molecule has 13 unspecified atom stereocenters. The number of Topliss-reactive ketones (excluding diaryl/α,β-unsaturated/α-hetero) is 2. The van der Waals surface area contributed by atoms with Gasteiger partial charge in [0.15, 0.2) is 17.7 Å². The molecule has 15 atom stereocenters. The fourth-order valence-corrected chi connectivity index (χ4v) is 15.5. The molecular formula is C95H171N3O21. The number of hydrogen-bond donors (Lipinski definition) is 4. The first-order chi connectivity index (χ1) is 57.7. The van der Waals surface area contributed by atoms with Crippen LogP contribution in [0.4, 0.5) is 4.79 Å². The van der Waals surface area contributed by atoms with Gasteiger partial charge in [-0.1, -0.05) is 303 Å². The molecule has 5 fully saturated rings. The highest BCUT2D eigenvalue weighted by Gasteiger charge is 2.55. The maximum Gasteiger partial charge on any atom is 0.509 e. The minimum atomic E-state index is -1.11. The van der Waals surface area contributed by atoms with E-state index in [-0.39, 0.29) is 55.2 Å². The van der Waals surface area contributed by atoms with Gasteiger partial charge in [0, 0.05) is 32.7 Å². The molecule has 5 rings (SSSR count). The zero-order chi connectivity index (χ0) is 87.0. The van der Waals surface area contributed by atoms with Gasteiger partial charge >= 0.3 is 6.16 Å². The first kappa shape index (κ1) is 109. The second kappa shape index (κ2) is 68.7. The summed E-state index contributed by atoms with van der Waals surface area (Å²) in [4.78, 5) is 64.3. The second-order valence-electron chi connectivity index (χ2n) is 33.9. The molecule has 0 aromatic heterocycles. The van der Waals surface area contributed by atoms with Gasteiger partial charge in [0.1, 0.15) is 79.1 Å². The van der Waals surface area contributed by atoms with Crippen molar-refractivity contribution < 1.29 is 100 Å². The Hall–Kier alpha value is -4.57. The number of carbonyl (C=O) groups excluding carboxylic acids is 5. The molecule has 5 saturated heterocycles. The summed E-state index contributed by atoms with van der Waals surface area (Å²) < 4.78 is 89.3. The second-order valence-corrected chi connectivity index (χ2v) is 33.9. The zero-order valence-electron chi connectivity index (χ0n) is 76.6. The number of carbonyl (C=O) groups is 5. The van der Waals surface area contributed by atoms with Gasteiger partial charge in [0.05, 0.1) is 57.5 Å². The molecule has 24 heteroatoms. The molecule has 2 amide bonds. The van der Waals surface area contributed by atoms with Gasteiger partial charge in [0.2, 0.25) is 30.7 Å². The Bertz CT molecular complexity index is 2670. The van der Waals surface area contributed by atoms with E-state index < -0.39 is 104 Å². The van der Waals surface area contributed by atoms with E-state index in [2.05, 4.69) is 51.8 Å². The average molecular weight is 1690 g/mol. The standard InChI is InChI=1S/C37H65NO9.C36H65NO7.C22H41NO5/c1-5-9-11-13-15-17-18-20-22-24-30(40)28-32(41)38-33-35(43-27-23-21-19-16-14-12-10-6-2)34(47-37(42)45-26-8-4)31(29-39)46-36(33)44-25-7-3;1-6-9-11-13-15-17-18-20-22-24-29(38)27-31(39)37-32-34(40-26-23-21-19-16-14-12-10-7-2)33-30(28-42-36(4,5)44-33)43-35(32)41-25-8-3;1-5-7-8-9-10-11-12-13-15-24-20-18(23)21(25-14-6-2)27-17-16-26-22(3,4)28-19(17)20/h7-8,25,31,33-36,39H,4-6,9-24,26-29H2,1-3H3,(H,38,41);8,25,30,32-35H,6-7,9-24,26-28H2,1-5H3,(H,37,39);6,14,17-21H,5,7-13,15-16,23H2,1-4H3/b25-7-;25-8-;14-6-/t;;17?,18-,19?,20?,21+/m..1/s1. The molecule has 692 valence electrons. The van der Waals surface area contributed by atoms with Crippen LogP contribution in [0.15, 0.2) is 49.7 Å². The van der Waals surface area contributed by atoms with E-state index in [1.165, 1.54) is 199 Å². The number of nitrogens with two attached hydrogens (primary N) is 1. The van der Waals surface area contributed by atoms with Crippen LogP contribution >= 0.6 is 0 Å². The molecule has 0 saturated carbocycles. The Morgan fingerprint density at radius 2 is 0.748 bits per heavy atom. The van der Waals surface area contributed by atoms with Crippen LogP contribution in [0.3, 0.4) is 0 Å². The lowest BCUT2D eigenvalue weighted by molar-refractivity contribution is -0.368. The maximum absolute atomic E-state index is 13.2. The van der Waals surface area contributed by atoms with E-state index in [0.29, 0.717) is 45.9 Å². The highest BCUT2D eigenvalue weighted by atomic mass is 16.8. The Balaban J connectivity index is 0.000000475. The molecule has 5 N–H and O–H groups in total. The van der Waals surface area contributed by atoms with Gasteiger partial charge in [-0.25, -0.2) is 4.79 Å². The minimum Gasteiger partial charge on any atom is -0.471 e. The van der Waals surface area contributed by atoms with E-state index >= 15 is 0 Å². The summed E-state index contributed by atoms with van der Waals surface area (Å²) in [5.41, 5.74) is 6.44. The van der Waals surface area contributed by atoms with Crippen molar-refractivity contribution in [1.29, 1.82) is 0 Å². The highest BCUT2D eigenvalue weighted by molar-refractivity contribution is 5.98. The number of amides is 2. The zero-order valence-corrected chi connectivity index (χ0v) is 76.6. The Morgan fingerprint density at radius 3 is 1.12 bits per heavy atom. The Kier molecular flexibility index (Phi) is 62.7. The van der Waals surface area contributed by atoms with Crippen molar-refractivity contribution in [1.82, 2.24) is 10.6 Å². The molecule has 5 aliphatic rings. The molecule has 119 heavy (non-hydrogen) atoms. The molecule has 0 radical (unpaired) electrons. The fourth-order valence-electron chi connectivity index (χ4n) is 15.5. The number of nitrogens with one attached hydrogen (secondary N) is 2. The van der Waals surface area contributed by atoms with Crippen LogP contribution in [0, 0.1) is 0 Å². The smallest absolute Gasteiger partial charge is 0.471 e. The molecule has 0 bridgehead atoms. The number of rotatable bonds is 66. The normalized spacial score (nSPS) is 25.0. The number of aliphatic hydroxyl groups is 1. The SMILES string of the molecule is C/C=C\OC1OC2COC(C)(C)OC2C(OCCCCCCCCCC)C1NC(=O)CC(=O)CCCCCCCCCCC.C/C=C\O[C@H]1OC2COC(C)(C)OC2C(OCCCCCCCCCC)[C@H]1N.C=CCOC(=O)OC1C(CO)OC(O/C=C\C)C(NC(=O)CC(=O)CCCCCCCCCCC)C1OCCCCCCCCCC. The number of allylic oxidation sites excluding steroid dienone is 3. The lowest BCUT2D eigenvalue weighted by Crippen LogP contribution is -2.69. The molecule has 0 aliphatic carbocycles. The number of hydrogen-bond acceptors (Lipinski definition) is 22. The van der Waals surface area contributed by atoms with E-state index in [1.54, 1.807) is 31.6 Å². The summed E-state index contributed by atoms with van der Waals surface area (Å²) in [7, 11) is 0. The summed E-state index contributed by atoms with van der Waals surface area (Å²) in [6.07, 6.45) is 52.7. The van der Waals surface area contributed by atoms with Crippen molar-refractivity contribution >= 4 is 29.5 Å². The third-order valence-corrected chi connectivity index (χ3v) is 22.2. The van der Waals surface area contributed by atoms with Crippen molar-refractivity contribution in [2.24, 2.45) is 5.73 Å². The largest absolute Gasteiger partial charge is 0.509 e. The number of fused-ring (bicyclic) bond motifs is 2. The maximum atomic E-state index is 13.2. The Labute approximate surface area is 720 Å². The van der Waals surface area contributed by atoms with E-state index in [9.17, 15) is 29.1 Å². The van der Waals surface area contributed by atoms with Crippen LogP contribution in [-0.2, 0) is 90.2 Å². The Morgan fingerprint density at radius 1 is 0.429 bits per heavy atom. The number of unbranched alkanes of at least 4 members (excludes halogenated alkanes) is 37. The van der Waals surface area contributed by atoms with Gasteiger partial charge in [-0.15, -0.1) is 0 Å². The first-order valence-corrected chi connectivity index (χ1v) is 47.4. The molecule has 0 aromatic rings. The van der Waals surface area contributed by atoms with Crippen LogP contribution in [0.1, 0.15) is 378 Å². The summed E-state index contributed by atoms with van der Waals surface area (Å²) in [6, 6.07) is -1.99. The molecule has 0 spiro atoms. The van der Waals surface area contributed by atoms with E-state index in [1.807, 2.05) is 47.6 Å². The van der Waals surface area contributed by atoms with Crippen LogP contribution in [-0.4, -0.2) is 184 Å². The lowest BCUT2D eigenvalue weighted by Gasteiger charge is -2.50. The van der Waals surface area contributed by atoms with Crippen molar-refractivity contribution in [2.45, 2.75) is 482 Å². The van der Waals surface area contributed by atoms with Crippen LogP contribution < -0.4 is 16.4 Å². The van der Waals surface area contributed by atoms with Crippen LogP contribution in [0.5, 0.6) is 0 Å². The number of ether oxygens (including phenoxy) is 15.